The maximum absolute atomic E-state index is 6.23. The number of rotatable bonds is 0. The molecule has 4 aromatic rings. The van der Waals surface area contributed by atoms with Crippen LogP contribution in [-0.4, -0.2) is 4.98 Å². The SMILES string of the molecule is Clc1nc2c(ccc3sc4c(Cl)cccc4c32)o1. The minimum Gasteiger partial charge on any atom is -0.428 e. The minimum absolute atomic E-state index is 0.166. The van der Waals surface area contributed by atoms with Crippen LogP contribution in [0.3, 0.4) is 0 Å². The van der Waals surface area contributed by atoms with Crippen molar-refractivity contribution in [3.63, 3.8) is 0 Å². The smallest absolute Gasteiger partial charge is 0.293 e. The standard InChI is InChI=1S/C13H5Cl2NOS/c14-7-3-1-2-6-10-9(18-12(6)7)5-4-8-11(10)16-13(15)17-8/h1-5H. The van der Waals surface area contributed by atoms with Gasteiger partial charge in [-0.15, -0.1) is 11.3 Å². The van der Waals surface area contributed by atoms with E-state index >= 15 is 0 Å². The van der Waals surface area contributed by atoms with Crippen molar-refractivity contribution in [2.24, 2.45) is 0 Å². The molecule has 0 aliphatic heterocycles. The highest BCUT2D eigenvalue weighted by atomic mass is 35.5. The molecule has 2 aromatic carbocycles. The highest BCUT2D eigenvalue weighted by Gasteiger charge is 2.14. The topological polar surface area (TPSA) is 26.0 Å². The molecule has 0 radical (unpaired) electrons. The Balaban J connectivity index is 2.36. The summed E-state index contributed by atoms with van der Waals surface area (Å²) in [4.78, 5) is 4.26. The zero-order chi connectivity index (χ0) is 12.3. The molecule has 2 heterocycles. The summed E-state index contributed by atoms with van der Waals surface area (Å²) >= 11 is 13.7. The number of hydrogen-bond acceptors (Lipinski definition) is 3. The van der Waals surface area contributed by atoms with Crippen molar-refractivity contribution in [3.05, 3.63) is 40.7 Å². The second-order valence-electron chi connectivity index (χ2n) is 3.97. The van der Waals surface area contributed by atoms with E-state index in [1.165, 1.54) is 0 Å². The highest BCUT2D eigenvalue weighted by molar-refractivity contribution is 7.26. The van der Waals surface area contributed by atoms with Gasteiger partial charge in [0.05, 0.1) is 9.72 Å². The third-order valence-corrected chi connectivity index (χ3v) is 4.74. The van der Waals surface area contributed by atoms with Crippen LogP contribution in [0.1, 0.15) is 0 Å². The Hall–Kier alpha value is -1.29. The highest BCUT2D eigenvalue weighted by Crippen LogP contribution is 2.41. The molecule has 0 atom stereocenters. The fourth-order valence-electron chi connectivity index (χ4n) is 2.21. The summed E-state index contributed by atoms with van der Waals surface area (Å²) in [5.41, 5.74) is 1.50. The second-order valence-corrected chi connectivity index (χ2v) is 5.75. The zero-order valence-electron chi connectivity index (χ0n) is 8.91. The van der Waals surface area contributed by atoms with E-state index in [4.69, 9.17) is 27.6 Å². The maximum atomic E-state index is 6.23. The predicted octanol–water partition coefficient (Wildman–Crippen LogP) is 5.50. The number of halogens is 2. The van der Waals surface area contributed by atoms with Gasteiger partial charge in [0.1, 0.15) is 5.52 Å². The second kappa shape index (κ2) is 3.60. The van der Waals surface area contributed by atoms with Gasteiger partial charge >= 0.3 is 0 Å². The van der Waals surface area contributed by atoms with Crippen molar-refractivity contribution >= 4 is 65.8 Å². The third-order valence-electron chi connectivity index (χ3n) is 2.94. The van der Waals surface area contributed by atoms with E-state index in [0.29, 0.717) is 5.58 Å². The summed E-state index contributed by atoms with van der Waals surface area (Å²) < 4.78 is 7.56. The van der Waals surface area contributed by atoms with Crippen LogP contribution in [0.2, 0.25) is 10.4 Å². The first-order valence-corrected chi connectivity index (χ1v) is 6.87. The normalized spacial score (nSPS) is 11.9. The Bertz CT molecular complexity index is 909. The monoisotopic (exact) mass is 293 g/mol. The first-order valence-electron chi connectivity index (χ1n) is 5.30. The molecule has 4 rings (SSSR count). The van der Waals surface area contributed by atoms with Gasteiger partial charge in [-0.3, -0.25) is 0 Å². The van der Waals surface area contributed by atoms with E-state index in [1.807, 2.05) is 30.3 Å². The van der Waals surface area contributed by atoms with Crippen LogP contribution in [0.5, 0.6) is 0 Å². The van der Waals surface area contributed by atoms with E-state index in [1.54, 1.807) is 11.3 Å². The van der Waals surface area contributed by atoms with Crippen LogP contribution >= 0.6 is 34.5 Å². The van der Waals surface area contributed by atoms with Gasteiger partial charge in [0.25, 0.3) is 5.35 Å². The van der Waals surface area contributed by atoms with Crippen LogP contribution in [0.15, 0.2) is 34.7 Å². The van der Waals surface area contributed by atoms with Gasteiger partial charge < -0.3 is 4.42 Å². The van der Waals surface area contributed by atoms with Crippen molar-refractivity contribution < 1.29 is 4.42 Å². The lowest BCUT2D eigenvalue weighted by atomic mass is 10.1. The average molecular weight is 294 g/mol. The molecule has 18 heavy (non-hydrogen) atoms. The third kappa shape index (κ3) is 1.32. The molecule has 2 aromatic heterocycles. The lowest BCUT2D eigenvalue weighted by Gasteiger charge is -1.93. The van der Waals surface area contributed by atoms with Gasteiger partial charge in [0.2, 0.25) is 0 Å². The zero-order valence-corrected chi connectivity index (χ0v) is 11.2. The molecule has 0 N–H and O–H groups in total. The number of fused-ring (bicyclic) bond motifs is 5. The summed E-state index contributed by atoms with van der Waals surface area (Å²) in [6.07, 6.45) is 0. The van der Waals surface area contributed by atoms with Crippen LogP contribution in [-0.2, 0) is 0 Å². The molecule has 0 unspecified atom stereocenters. The Labute approximate surface area is 116 Å². The Morgan fingerprint density at radius 2 is 2.00 bits per heavy atom. The molecular weight excluding hydrogens is 289 g/mol. The van der Waals surface area contributed by atoms with Gasteiger partial charge in [0, 0.05) is 15.5 Å². The fourth-order valence-corrected chi connectivity index (χ4v) is 3.78. The molecule has 0 saturated carbocycles. The molecule has 88 valence electrons. The van der Waals surface area contributed by atoms with Gasteiger partial charge in [-0.2, -0.15) is 4.98 Å². The number of aromatic nitrogens is 1. The summed E-state index contributed by atoms with van der Waals surface area (Å²) in [7, 11) is 0. The Morgan fingerprint density at radius 1 is 1.11 bits per heavy atom. The van der Waals surface area contributed by atoms with Crippen LogP contribution in [0, 0.1) is 0 Å². The minimum atomic E-state index is 0.166. The molecule has 0 amide bonds. The number of thiophene rings is 1. The van der Waals surface area contributed by atoms with Gasteiger partial charge in [-0.05, 0) is 29.8 Å². The fraction of sp³-hybridized carbons (Fsp3) is 0. The molecule has 0 spiro atoms. The van der Waals surface area contributed by atoms with E-state index in [-0.39, 0.29) is 5.35 Å². The quantitative estimate of drug-likeness (QED) is 0.428. The van der Waals surface area contributed by atoms with Crippen molar-refractivity contribution in [2.75, 3.05) is 0 Å². The average Bonchev–Trinajstić information content (AvgIpc) is 2.88. The molecule has 0 bridgehead atoms. The number of hydrogen-bond donors (Lipinski definition) is 0. The molecule has 2 nitrogen and oxygen atoms in total. The van der Waals surface area contributed by atoms with Crippen molar-refractivity contribution in [2.45, 2.75) is 0 Å². The van der Waals surface area contributed by atoms with Gasteiger partial charge in [-0.1, -0.05) is 23.7 Å². The lowest BCUT2D eigenvalue weighted by Crippen LogP contribution is -1.71. The van der Waals surface area contributed by atoms with Crippen LogP contribution < -0.4 is 0 Å². The molecule has 0 fully saturated rings. The largest absolute Gasteiger partial charge is 0.428 e. The summed E-state index contributed by atoms with van der Waals surface area (Å²) in [6.45, 7) is 0. The predicted molar refractivity (Wildman–Crippen MR) is 76.9 cm³/mol. The van der Waals surface area contributed by atoms with Gasteiger partial charge in [0.15, 0.2) is 5.58 Å². The Morgan fingerprint density at radius 3 is 2.89 bits per heavy atom. The van der Waals surface area contributed by atoms with E-state index in [9.17, 15) is 0 Å². The Kier molecular flexibility index (Phi) is 2.13. The summed E-state index contributed by atoms with van der Waals surface area (Å²) in [5, 5.41) is 3.08. The first-order chi connectivity index (χ1) is 8.74. The molecular formula is C13H5Cl2NOS. The maximum Gasteiger partial charge on any atom is 0.293 e. The van der Waals surface area contributed by atoms with Gasteiger partial charge in [-0.25, -0.2) is 0 Å². The van der Waals surface area contributed by atoms with E-state index < -0.39 is 0 Å². The van der Waals surface area contributed by atoms with E-state index in [2.05, 4.69) is 4.98 Å². The number of nitrogens with zero attached hydrogens (tertiary/aromatic N) is 1. The van der Waals surface area contributed by atoms with E-state index in [0.717, 1.165) is 30.7 Å². The number of benzene rings is 2. The summed E-state index contributed by atoms with van der Waals surface area (Å²) in [6, 6.07) is 9.78. The first kappa shape index (κ1) is 10.6. The lowest BCUT2D eigenvalue weighted by molar-refractivity contribution is 0.604. The summed E-state index contributed by atoms with van der Waals surface area (Å²) in [5.74, 6) is 0. The molecule has 0 saturated heterocycles. The van der Waals surface area contributed by atoms with Crippen LogP contribution in [0.25, 0.3) is 31.3 Å². The van der Waals surface area contributed by atoms with Crippen molar-refractivity contribution in [3.8, 4) is 0 Å². The molecule has 0 aliphatic carbocycles. The van der Waals surface area contributed by atoms with Crippen molar-refractivity contribution in [1.29, 1.82) is 0 Å². The molecule has 0 aliphatic rings. The molecule has 5 heteroatoms. The van der Waals surface area contributed by atoms with Crippen LogP contribution in [0.4, 0.5) is 0 Å². The number of oxazole rings is 1. The van der Waals surface area contributed by atoms with Crippen molar-refractivity contribution in [1.82, 2.24) is 4.98 Å².